The van der Waals surface area contributed by atoms with E-state index in [1.54, 1.807) is 13.3 Å². The highest BCUT2D eigenvalue weighted by Crippen LogP contribution is 2.00. The SMILES string of the molecule is CNC(=S)N/N=C(\C)c1ccco1. The molecule has 1 rings (SSSR count). The van der Waals surface area contributed by atoms with Crippen LogP contribution in [0.1, 0.15) is 12.7 Å². The minimum Gasteiger partial charge on any atom is -0.463 e. The molecule has 0 unspecified atom stereocenters. The Hall–Kier alpha value is -1.36. The lowest BCUT2D eigenvalue weighted by Crippen LogP contribution is -2.29. The molecular weight excluding hydrogens is 186 g/mol. The van der Waals surface area contributed by atoms with Gasteiger partial charge in [0.15, 0.2) is 5.11 Å². The fourth-order valence-electron chi connectivity index (χ4n) is 0.730. The molecule has 1 aromatic heterocycles. The number of furan rings is 1. The number of rotatable bonds is 2. The highest BCUT2D eigenvalue weighted by Gasteiger charge is 1.98. The van der Waals surface area contributed by atoms with Crippen molar-refractivity contribution in [3.63, 3.8) is 0 Å². The van der Waals surface area contributed by atoms with Gasteiger partial charge < -0.3 is 9.73 Å². The molecule has 1 aromatic rings. The molecule has 0 atom stereocenters. The molecule has 1 heterocycles. The van der Waals surface area contributed by atoms with Crippen molar-refractivity contribution in [1.29, 1.82) is 0 Å². The number of thiocarbonyl (C=S) groups is 1. The standard InChI is InChI=1S/C8H11N3OS/c1-6(7-4-3-5-12-7)10-11-8(13)9-2/h3-5H,1-2H3,(H2,9,11,13)/b10-6+. The quantitative estimate of drug-likeness (QED) is 0.423. The van der Waals surface area contributed by atoms with Gasteiger partial charge in [-0.1, -0.05) is 0 Å². The topological polar surface area (TPSA) is 49.6 Å². The zero-order chi connectivity index (χ0) is 9.68. The molecule has 0 bridgehead atoms. The normalized spacial score (nSPS) is 11.1. The molecule has 0 aliphatic carbocycles. The summed E-state index contributed by atoms with van der Waals surface area (Å²) in [5, 5.41) is 7.23. The second kappa shape index (κ2) is 4.61. The summed E-state index contributed by atoms with van der Waals surface area (Å²) in [5.41, 5.74) is 3.42. The van der Waals surface area contributed by atoms with E-state index in [1.165, 1.54) is 0 Å². The van der Waals surface area contributed by atoms with Gasteiger partial charge in [0.1, 0.15) is 11.5 Å². The van der Waals surface area contributed by atoms with E-state index in [0.29, 0.717) is 5.11 Å². The van der Waals surface area contributed by atoms with Crippen LogP contribution in [-0.4, -0.2) is 17.9 Å². The Kier molecular flexibility index (Phi) is 3.45. The van der Waals surface area contributed by atoms with Crippen LogP contribution >= 0.6 is 12.2 Å². The van der Waals surface area contributed by atoms with Crippen molar-refractivity contribution >= 4 is 23.0 Å². The fourth-order valence-corrected chi connectivity index (χ4v) is 0.776. The summed E-state index contributed by atoms with van der Waals surface area (Å²) in [6.07, 6.45) is 1.60. The number of nitrogens with one attached hydrogen (secondary N) is 2. The maximum atomic E-state index is 5.13. The monoisotopic (exact) mass is 197 g/mol. The van der Waals surface area contributed by atoms with Crippen molar-refractivity contribution in [2.75, 3.05) is 7.05 Å². The Morgan fingerprint density at radius 3 is 2.92 bits per heavy atom. The van der Waals surface area contributed by atoms with Crippen LogP contribution in [0.4, 0.5) is 0 Å². The van der Waals surface area contributed by atoms with Crippen LogP contribution in [0.2, 0.25) is 0 Å². The first kappa shape index (κ1) is 9.73. The Bertz CT molecular complexity index is 305. The van der Waals surface area contributed by atoms with Gasteiger partial charge in [-0.05, 0) is 31.3 Å². The van der Waals surface area contributed by atoms with Gasteiger partial charge in [-0.2, -0.15) is 5.10 Å². The van der Waals surface area contributed by atoms with Gasteiger partial charge in [-0.25, -0.2) is 0 Å². The van der Waals surface area contributed by atoms with Gasteiger partial charge in [0.25, 0.3) is 0 Å². The smallest absolute Gasteiger partial charge is 0.186 e. The zero-order valence-corrected chi connectivity index (χ0v) is 8.31. The van der Waals surface area contributed by atoms with Crippen LogP contribution in [0.3, 0.4) is 0 Å². The molecule has 4 nitrogen and oxygen atoms in total. The first-order chi connectivity index (χ1) is 6.24. The molecule has 0 saturated carbocycles. The Morgan fingerprint density at radius 1 is 1.62 bits per heavy atom. The van der Waals surface area contributed by atoms with Gasteiger partial charge in [-0.3, -0.25) is 5.43 Å². The van der Waals surface area contributed by atoms with Gasteiger partial charge in [0.05, 0.1) is 6.26 Å². The molecule has 70 valence electrons. The molecular formula is C8H11N3OS. The van der Waals surface area contributed by atoms with Crippen LogP contribution in [0.5, 0.6) is 0 Å². The van der Waals surface area contributed by atoms with Gasteiger partial charge in [0.2, 0.25) is 0 Å². The number of hydrogen-bond donors (Lipinski definition) is 2. The fraction of sp³-hybridized carbons (Fsp3) is 0.250. The lowest BCUT2D eigenvalue weighted by molar-refractivity contribution is 0.556. The molecule has 5 heteroatoms. The van der Waals surface area contributed by atoms with Crippen LogP contribution in [0.15, 0.2) is 27.9 Å². The number of hydrogen-bond acceptors (Lipinski definition) is 3. The van der Waals surface area contributed by atoms with E-state index in [9.17, 15) is 0 Å². The van der Waals surface area contributed by atoms with E-state index in [4.69, 9.17) is 16.6 Å². The minimum atomic E-state index is 0.478. The Morgan fingerprint density at radius 2 is 2.38 bits per heavy atom. The highest BCUT2D eigenvalue weighted by atomic mass is 32.1. The summed E-state index contributed by atoms with van der Waals surface area (Å²) >= 11 is 4.84. The molecule has 13 heavy (non-hydrogen) atoms. The molecule has 0 aliphatic rings. The third-order valence-corrected chi connectivity index (χ3v) is 1.73. The van der Waals surface area contributed by atoms with Gasteiger partial charge in [0, 0.05) is 7.05 Å². The maximum Gasteiger partial charge on any atom is 0.186 e. The summed E-state index contributed by atoms with van der Waals surface area (Å²) in [5.74, 6) is 0.728. The minimum absolute atomic E-state index is 0.478. The lowest BCUT2D eigenvalue weighted by atomic mass is 10.3. The van der Waals surface area contributed by atoms with Crippen molar-refractivity contribution in [3.8, 4) is 0 Å². The molecule has 0 radical (unpaired) electrons. The summed E-state index contributed by atoms with van der Waals surface area (Å²) in [6.45, 7) is 1.84. The Labute approximate surface area is 82.0 Å². The predicted molar refractivity (Wildman–Crippen MR) is 55.7 cm³/mol. The van der Waals surface area contributed by atoms with E-state index in [0.717, 1.165) is 11.5 Å². The Balaban J connectivity index is 2.57. The molecule has 0 aromatic carbocycles. The molecule has 2 N–H and O–H groups in total. The largest absolute Gasteiger partial charge is 0.463 e. The van der Waals surface area contributed by atoms with E-state index in [2.05, 4.69) is 15.8 Å². The third-order valence-electron chi connectivity index (χ3n) is 1.43. The number of nitrogens with zero attached hydrogens (tertiary/aromatic N) is 1. The van der Waals surface area contributed by atoms with Crippen molar-refractivity contribution in [3.05, 3.63) is 24.2 Å². The molecule has 0 saturated heterocycles. The first-order valence-corrected chi connectivity index (χ1v) is 4.20. The maximum absolute atomic E-state index is 5.13. The number of hydrazone groups is 1. The van der Waals surface area contributed by atoms with Crippen molar-refractivity contribution in [2.45, 2.75) is 6.92 Å². The zero-order valence-electron chi connectivity index (χ0n) is 7.50. The van der Waals surface area contributed by atoms with Crippen molar-refractivity contribution in [2.24, 2.45) is 5.10 Å². The second-order valence-electron chi connectivity index (χ2n) is 2.37. The summed E-state index contributed by atoms with van der Waals surface area (Å²) < 4.78 is 5.13. The summed E-state index contributed by atoms with van der Waals surface area (Å²) in [4.78, 5) is 0. The van der Waals surface area contributed by atoms with Gasteiger partial charge >= 0.3 is 0 Å². The summed E-state index contributed by atoms with van der Waals surface area (Å²) in [6, 6.07) is 3.65. The lowest BCUT2D eigenvalue weighted by Gasteiger charge is -2.01. The van der Waals surface area contributed by atoms with Crippen molar-refractivity contribution in [1.82, 2.24) is 10.7 Å². The van der Waals surface area contributed by atoms with Gasteiger partial charge in [-0.15, -0.1) is 0 Å². The van der Waals surface area contributed by atoms with Crippen LogP contribution in [-0.2, 0) is 0 Å². The molecule has 0 aliphatic heterocycles. The van der Waals surface area contributed by atoms with E-state index in [1.807, 2.05) is 19.1 Å². The first-order valence-electron chi connectivity index (χ1n) is 3.80. The average Bonchev–Trinajstić information content (AvgIpc) is 2.66. The van der Waals surface area contributed by atoms with E-state index in [-0.39, 0.29) is 0 Å². The highest BCUT2D eigenvalue weighted by molar-refractivity contribution is 7.80. The van der Waals surface area contributed by atoms with Crippen LogP contribution in [0.25, 0.3) is 0 Å². The second-order valence-corrected chi connectivity index (χ2v) is 2.77. The van der Waals surface area contributed by atoms with Crippen LogP contribution in [0, 0.1) is 0 Å². The van der Waals surface area contributed by atoms with E-state index >= 15 is 0 Å². The predicted octanol–water partition coefficient (Wildman–Crippen LogP) is 1.10. The third kappa shape index (κ3) is 2.87. The molecule has 0 amide bonds. The summed E-state index contributed by atoms with van der Waals surface area (Å²) in [7, 11) is 1.73. The van der Waals surface area contributed by atoms with Crippen molar-refractivity contribution < 1.29 is 4.42 Å². The average molecular weight is 197 g/mol. The van der Waals surface area contributed by atoms with E-state index < -0.39 is 0 Å². The van der Waals surface area contributed by atoms with Crippen LogP contribution < -0.4 is 10.7 Å². The molecule has 0 fully saturated rings. The molecule has 0 spiro atoms.